The van der Waals surface area contributed by atoms with Gasteiger partial charge in [-0.15, -0.1) is 0 Å². The number of carbonyl (C=O) groups excluding carboxylic acids is 1. The van der Waals surface area contributed by atoms with Gasteiger partial charge in [0.2, 0.25) is 0 Å². The highest BCUT2D eigenvalue weighted by Gasteiger charge is 2.37. The summed E-state index contributed by atoms with van der Waals surface area (Å²) in [5.74, 6) is -2.16. The first kappa shape index (κ1) is 15.7. The van der Waals surface area contributed by atoms with Crippen LogP contribution in [0.15, 0.2) is 18.2 Å². The number of carbonyl (C=O) groups is 2. The first-order valence-electron chi connectivity index (χ1n) is 6.43. The first-order valence-corrected chi connectivity index (χ1v) is 6.81. The summed E-state index contributed by atoms with van der Waals surface area (Å²) in [5.41, 5.74) is 0.0313. The summed E-state index contributed by atoms with van der Waals surface area (Å²) >= 11 is 5.82. The monoisotopic (exact) mass is 315 g/mol. The fourth-order valence-corrected chi connectivity index (χ4v) is 2.72. The van der Waals surface area contributed by atoms with Gasteiger partial charge in [0, 0.05) is 19.7 Å². The molecule has 2 rings (SSSR count). The van der Waals surface area contributed by atoms with Crippen LogP contribution in [-0.4, -0.2) is 47.7 Å². The van der Waals surface area contributed by atoms with Crippen molar-refractivity contribution in [2.45, 2.75) is 25.0 Å². The van der Waals surface area contributed by atoms with E-state index in [0.29, 0.717) is 6.42 Å². The van der Waals surface area contributed by atoms with E-state index in [2.05, 4.69) is 0 Å². The largest absolute Gasteiger partial charge is 0.481 e. The molecule has 2 unspecified atom stereocenters. The van der Waals surface area contributed by atoms with Gasteiger partial charge in [0.15, 0.2) is 0 Å². The van der Waals surface area contributed by atoms with Crippen LogP contribution in [0.5, 0.6) is 0 Å². The minimum absolute atomic E-state index is 0.0313. The Balaban J connectivity index is 2.27. The minimum atomic E-state index is -1.00. The number of hydrogen-bond donors (Lipinski definition) is 1. The molecular formula is C14H15ClFNO4. The lowest BCUT2D eigenvalue weighted by Gasteiger charge is -2.23. The van der Waals surface area contributed by atoms with E-state index in [1.165, 1.54) is 24.1 Å². The third-order valence-corrected chi connectivity index (χ3v) is 3.95. The number of benzene rings is 1. The van der Waals surface area contributed by atoms with Crippen LogP contribution in [0.25, 0.3) is 0 Å². The second-order valence-electron chi connectivity index (χ2n) is 4.90. The maximum Gasteiger partial charge on any atom is 0.305 e. The van der Waals surface area contributed by atoms with Crippen molar-refractivity contribution in [1.82, 2.24) is 4.90 Å². The SMILES string of the molecule is COC1CC(CC(=O)O)N(C(=O)c2cccc(F)c2Cl)C1. The zero-order chi connectivity index (χ0) is 15.6. The molecule has 114 valence electrons. The van der Waals surface area contributed by atoms with Crippen molar-refractivity contribution in [3.05, 3.63) is 34.6 Å². The van der Waals surface area contributed by atoms with E-state index in [0.717, 1.165) is 6.07 Å². The van der Waals surface area contributed by atoms with Gasteiger partial charge in [0.25, 0.3) is 5.91 Å². The van der Waals surface area contributed by atoms with E-state index in [9.17, 15) is 14.0 Å². The number of ether oxygens (including phenoxy) is 1. The van der Waals surface area contributed by atoms with Crippen LogP contribution >= 0.6 is 11.6 Å². The molecule has 0 bridgehead atoms. The minimum Gasteiger partial charge on any atom is -0.481 e. The van der Waals surface area contributed by atoms with Crippen molar-refractivity contribution in [1.29, 1.82) is 0 Å². The Morgan fingerprint density at radius 3 is 2.86 bits per heavy atom. The fraction of sp³-hybridized carbons (Fsp3) is 0.429. The van der Waals surface area contributed by atoms with E-state index in [-0.39, 0.29) is 29.7 Å². The second kappa shape index (κ2) is 6.41. The van der Waals surface area contributed by atoms with Crippen LogP contribution < -0.4 is 0 Å². The standard InChI is InChI=1S/C14H15ClFNO4/c1-21-9-5-8(6-12(18)19)17(7-9)14(20)10-3-2-4-11(16)13(10)15/h2-4,8-9H,5-7H2,1H3,(H,18,19). The number of hydrogen-bond acceptors (Lipinski definition) is 3. The van der Waals surface area contributed by atoms with Crippen molar-refractivity contribution >= 4 is 23.5 Å². The molecule has 1 aromatic carbocycles. The summed E-state index contributed by atoms with van der Waals surface area (Å²) < 4.78 is 18.7. The summed E-state index contributed by atoms with van der Waals surface area (Å²) in [6, 6.07) is 3.49. The van der Waals surface area contributed by atoms with Crippen LogP contribution in [0, 0.1) is 5.82 Å². The topological polar surface area (TPSA) is 66.8 Å². The first-order chi connectivity index (χ1) is 9.93. The lowest BCUT2D eigenvalue weighted by Crippen LogP contribution is -2.37. The molecule has 0 radical (unpaired) electrons. The molecule has 1 heterocycles. The van der Waals surface area contributed by atoms with Crippen LogP contribution in [0.4, 0.5) is 4.39 Å². The van der Waals surface area contributed by atoms with Crippen LogP contribution in [0.1, 0.15) is 23.2 Å². The average Bonchev–Trinajstić information content (AvgIpc) is 2.83. The Morgan fingerprint density at radius 2 is 2.24 bits per heavy atom. The normalized spacial score (nSPS) is 21.6. The molecule has 7 heteroatoms. The predicted octanol–water partition coefficient (Wildman–Crippen LogP) is 2.18. The van der Waals surface area contributed by atoms with Gasteiger partial charge in [-0.2, -0.15) is 0 Å². The van der Waals surface area contributed by atoms with Gasteiger partial charge in [0.1, 0.15) is 5.82 Å². The Bertz CT molecular complexity index is 566. The van der Waals surface area contributed by atoms with E-state index >= 15 is 0 Å². The average molecular weight is 316 g/mol. The van der Waals surface area contributed by atoms with E-state index in [1.807, 2.05) is 0 Å². The second-order valence-corrected chi connectivity index (χ2v) is 5.28. The molecular weight excluding hydrogens is 301 g/mol. The summed E-state index contributed by atoms with van der Waals surface area (Å²) in [6.07, 6.45) is 0.0191. The third kappa shape index (κ3) is 3.33. The zero-order valence-corrected chi connectivity index (χ0v) is 12.1. The molecule has 1 fully saturated rings. The van der Waals surface area contributed by atoms with Gasteiger partial charge in [-0.3, -0.25) is 9.59 Å². The lowest BCUT2D eigenvalue weighted by molar-refractivity contribution is -0.137. The highest BCUT2D eigenvalue weighted by Crippen LogP contribution is 2.28. The number of amides is 1. The van der Waals surface area contributed by atoms with Gasteiger partial charge in [-0.05, 0) is 18.6 Å². The summed E-state index contributed by atoms with van der Waals surface area (Å²) in [4.78, 5) is 24.8. The molecule has 1 saturated heterocycles. The molecule has 1 aliphatic rings. The number of nitrogens with zero attached hydrogens (tertiary/aromatic N) is 1. The van der Waals surface area contributed by atoms with Gasteiger partial charge < -0.3 is 14.7 Å². The Kier molecular flexibility index (Phi) is 4.80. The fourth-order valence-electron chi connectivity index (χ4n) is 2.51. The number of carboxylic acids is 1. The van der Waals surface area contributed by atoms with Gasteiger partial charge >= 0.3 is 5.97 Å². The van der Waals surface area contributed by atoms with Crippen molar-refractivity contribution in [2.75, 3.05) is 13.7 Å². The molecule has 1 amide bonds. The molecule has 0 spiro atoms. The van der Waals surface area contributed by atoms with Crippen molar-refractivity contribution in [3.8, 4) is 0 Å². The number of methoxy groups -OCH3 is 1. The number of halogens is 2. The summed E-state index contributed by atoms with van der Waals surface area (Å²) in [5, 5.41) is 8.68. The molecule has 1 aromatic rings. The molecule has 1 aliphatic heterocycles. The molecule has 0 aliphatic carbocycles. The van der Waals surface area contributed by atoms with Gasteiger partial charge in [-0.1, -0.05) is 17.7 Å². The third-order valence-electron chi connectivity index (χ3n) is 3.56. The van der Waals surface area contributed by atoms with Crippen LogP contribution in [-0.2, 0) is 9.53 Å². The number of carboxylic acid groups (broad SMARTS) is 1. The van der Waals surface area contributed by atoms with E-state index < -0.39 is 23.7 Å². The molecule has 0 saturated carbocycles. The number of likely N-dealkylation sites (tertiary alicyclic amines) is 1. The summed E-state index contributed by atoms with van der Waals surface area (Å²) in [7, 11) is 1.51. The number of aliphatic carboxylic acids is 1. The summed E-state index contributed by atoms with van der Waals surface area (Å²) in [6.45, 7) is 0.264. The zero-order valence-electron chi connectivity index (χ0n) is 11.4. The number of rotatable bonds is 4. The molecule has 0 aromatic heterocycles. The van der Waals surface area contributed by atoms with Crippen molar-refractivity contribution in [3.63, 3.8) is 0 Å². The predicted molar refractivity (Wildman–Crippen MR) is 73.9 cm³/mol. The Hall–Kier alpha value is -1.66. The molecule has 21 heavy (non-hydrogen) atoms. The molecule has 1 N–H and O–H groups in total. The van der Waals surface area contributed by atoms with Crippen molar-refractivity contribution in [2.24, 2.45) is 0 Å². The maximum atomic E-state index is 13.5. The Labute approximate surface area is 126 Å². The van der Waals surface area contributed by atoms with Crippen molar-refractivity contribution < 1.29 is 23.8 Å². The Morgan fingerprint density at radius 1 is 1.52 bits per heavy atom. The smallest absolute Gasteiger partial charge is 0.305 e. The lowest BCUT2D eigenvalue weighted by atomic mass is 10.1. The van der Waals surface area contributed by atoms with E-state index in [1.54, 1.807) is 0 Å². The quantitative estimate of drug-likeness (QED) is 0.925. The molecule has 2 atom stereocenters. The highest BCUT2D eigenvalue weighted by atomic mass is 35.5. The highest BCUT2D eigenvalue weighted by molar-refractivity contribution is 6.34. The van der Waals surface area contributed by atoms with E-state index in [4.69, 9.17) is 21.4 Å². The van der Waals surface area contributed by atoms with Crippen LogP contribution in [0.2, 0.25) is 5.02 Å². The maximum absolute atomic E-state index is 13.5. The molecule has 5 nitrogen and oxygen atoms in total. The van der Waals surface area contributed by atoms with Gasteiger partial charge in [-0.25, -0.2) is 4.39 Å². The van der Waals surface area contributed by atoms with Crippen LogP contribution in [0.3, 0.4) is 0 Å². The van der Waals surface area contributed by atoms with Gasteiger partial charge in [0.05, 0.1) is 23.1 Å².